The summed E-state index contributed by atoms with van der Waals surface area (Å²) in [5.41, 5.74) is 3.20. The third-order valence-electron chi connectivity index (χ3n) is 5.63. The molecule has 4 rings (SSSR count). The summed E-state index contributed by atoms with van der Waals surface area (Å²) in [6, 6.07) is 9.97. The zero-order valence-electron chi connectivity index (χ0n) is 17.6. The first-order chi connectivity index (χ1) is 14.5. The third-order valence-corrected chi connectivity index (χ3v) is 6.23. The van der Waals surface area contributed by atoms with E-state index in [2.05, 4.69) is 21.9 Å². The van der Waals surface area contributed by atoms with Gasteiger partial charge in [-0.15, -0.1) is 0 Å². The standard InChI is InChI=1S/C23H29ClN2O4/c1-16-9-20(10-17(2)23(16)24)28-14-19(27)13-26-7-5-25(6-8-26)12-18-3-4-21-22(11-18)30-15-29-21/h3-4,9-11,19,27H,5-8,12-15H2,1-2H3/t19-/m0/s1. The largest absolute Gasteiger partial charge is 0.491 e. The van der Waals surface area contributed by atoms with Gasteiger partial charge in [0.15, 0.2) is 11.5 Å². The minimum Gasteiger partial charge on any atom is -0.491 e. The molecule has 2 aliphatic rings. The number of hydrogen-bond donors (Lipinski definition) is 1. The molecule has 1 N–H and O–H groups in total. The van der Waals surface area contributed by atoms with Gasteiger partial charge in [0.2, 0.25) is 6.79 Å². The molecule has 0 unspecified atom stereocenters. The normalized spacial score (nSPS) is 17.9. The van der Waals surface area contributed by atoms with Gasteiger partial charge in [-0.05, 0) is 54.8 Å². The molecule has 0 bridgehead atoms. The van der Waals surface area contributed by atoms with Gasteiger partial charge in [0.05, 0.1) is 0 Å². The maximum absolute atomic E-state index is 10.4. The quantitative estimate of drug-likeness (QED) is 0.724. The highest BCUT2D eigenvalue weighted by Gasteiger charge is 2.21. The molecule has 0 aliphatic carbocycles. The number of fused-ring (bicyclic) bond motifs is 1. The molecule has 2 heterocycles. The molecular formula is C23H29ClN2O4. The summed E-state index contributed by atoms with van der Waals surface area (Å²) in [7, 11) is 0. The lowest BCUT2D eigenvalue weighted by atomic mass is 10.1. The van der Waals surface area contributed by atoms with Crippen LogP contribution >= 0.6 is 11.6 Å². The molecule has 2 aliphatic heterocycles. The van der Waals surface area contributed by atoms with Crippen LogP contribution in [0.1, 0.15) is 16.7 Å². The molecule has 1 atom stereocenters. The van der Waals surface area contributed by atoms with Crippen LogP contribution in [0.3, 0.4) is 0 Å². The van der Waals surface area contributed by atoms with Gasteiger partial charge in [-0.1, -0.05) is 17.7 Å². The molecule has 2 aromatic carbocycles. The van der Waals surface area contributed by atoms with Crippen LogP contribution in [0.4, 0.5) is 0 Å². The van der Waals surface area contributed by atoms with E-state index in [1.165, 1.54) is 5.56 Å². The Morgan fingerprint density at radius 3 is 2.40 bits per heavy atom. The van der Waals surface area contributed by atoms with E-state index in [0.29, 0.717) is 13.3 Å². The van der Waals surface area contributed by atoms with E-state index in [1.807, 2.05) is 32.0 Å². The van der Waals surface area contributed by atoms with Crippen molar-refractivity contribution >= 4 is 11.6 Å². The van der Waals surface area contributed by atoms with Gasteiger partial charge in [0.25, 0.3) is 0 Å². The fourth-order valence-electron chi connectivity index (χ4n) is 3.96. The number of hydrogen-bond acceptors (Lipinski definition) is 6. The van der Waals surface area contributed by atoms with E-state index in [1.54, 1.807) is 0 Å². The van der Waals surface area contributed by atoms with Gasteiger partial charge in [-0.3, -0.25) is 9.80 Å². The van der Waals surface area contributed by atoms with Crippen molar-refractivity contribution in [1.82, 2.24) is 9.80 Å². The van der Waals surface area contributed by atoms with Gasteiger partial charge in [0.1, 0.15) is 18.5 Å². The zero-order chi connectivity index (χ0) is 21.1. The Kier molecular flexibility index (Phi) is 6.68. The van der Waals surface area contributed by atoms with Crippen LogP contribution < -0.4 is 14.2 Å². The summed E-state index contributed by atoms with van der Waals surface area (Å²) in [4.78, 5) is 4.72. The summed E-state index contributed by atoms with van der Waals surface area (Å²) in [5, 5.41) is 11.2. The average Bonchev–Trinajstić information content (AvgIpc) is 3.20. The third kappa shape index (κ3) is 5.19. The SMILES string of the molecule is Cc1cc(OC[C@@H](O)CN2CCN(Cc3ccc4c(c3)OCO4)CC2)cc(C)c1Cl. The van der Waals surface area contributed by atoms with Crippen LogP contribution in [0.15, 0.2) is 30.3 Å². The molecule has 2 aromatic rings. The van der Waals surface area contributed by atoms with Crippen molar-refractivity contribution in [3.05, 3.63) is 52.0 Å². The molecule has 0 saturated carbocycles. The molecule has 162 valence electrons. The maximum atomic E-state index is 10.4. The lowest BCUT2D eigenvalue weighted by Crippen LogP contribution is -2.48. The van der Waals surface area contributed by atoms with Gasteiger partial charge in [-0.2, -0.15) is 0 Å². The number of rotatable bonds is 7. The monoisotopic (exact) mass is 432 g/mol. The molecule has 6 nitrogen and oxygen atoms in total. The summed E-state index contributed by atoms with van der Waals surface area (Å²) < 4.78 is 16.6. The topological polar surface area (TPSA) is 54.4 Å². The summed E-state index contributed by atoms with van der Waals surface area (Å²) in [6.45, 7) is 9.81. The van der Waals surface area contributed by atoms with E-state index in [0.717, 1.165) is 66.1 Å². The lowest BCUT2D eigenvalue weighted by Gasteiger charge is -2.35. The van der Waals surface area contributed by atoms with Crippen molar-refractivity contribution in [2.75, 3.05) is 46.1 Å². The van der Waals surface area contributed by atoms with E-state index in [4.69, 9.17) is 25.8 Å². The molecule has 1 fully saturated rings. The highest BCUT2D eigenvalue weighted by molar-refractivity contribution is 6.32. The minimum absolute atomic E-state index is 0.276. The van der Waals surface area contributed by atoms with Crippen molar-refractivity contribution in [2.24, 2.45) is 0 Å². The fraction of sp³-hybridized carbons (Fsp3) is 0.478. The van der Waals surface area contributed by atoms with Crippen LogP contribution in [-0.2, 0) is 6.54 Å². The number of aliphatic hydroxyl groups excluding tert-OH is 1. The van der Waals surface area contributed by atoms with Gasteiger partial charge in [-0.25, -0.2) is 0 Å². The molecule has 0 amide bonds. The van der Waals surface area contributed by atoms with Crippen molar-refractivity contribution in [1.29, 1.82) is 0 Å². The second-order valence-corrected chi connectivity index (χ2v) is 8.48. The molecule has 1 saturated heterocycles. The predicted octanol–water partition coefficient (Wildman–Crippen LogP) is 3.24. The first kappa shape index (κ1) is 21.2. The number of β-amino-alcohol motifs (C(OH)–C–C–N with tert-alkyl or cyclic N) is 1. The second-order valence-electron chi connectivity index (χ2n) is 8.10. The molecule has 0 radical (unpaired) electrons. The number of benzene rings is 2. The Morgan fingerprint density at radius 1 is 1.00 bits per heavy atom. The minimum atomic E-state index is -0.526. The Bertz CT molecular complexity index is 860. The van der Waals surface area contributed by atoms with Crippen molar-refractivity contribution in [3.63, 3.8) is 0 Å². The van der Waals surface area contributed by atoms with Crippen molar-refractivity contribution in [2.45, 2.75) is 26.5 Å². The van der Waals surface area contributed by atoms with E-state index in [-0.39, 0.29) is 6.61 Å². The first-order valence-electron chi connectivity index (χ1n) is 10.4. The lowest BCUT2D eigenvalue weighted by molar-refractivity contribution is 0.0446. The fourth-order valence-corrected chi connectivity index (χ4v) is 4.07. The molecular weight excluding hydrogens is 404 g/mol. The van der Waals surface area contributed by atoms with E-state index < -0.39 is 6.10 Å². The van der Waals surface area contributed by atoms with Gasteiger partial charge in [0, 0.05) is 44.3 Å². The zero-order valence-corrected chi connectivity index (χ0v) is 18.3. The summed E-state index contributed by atoms with van der Waals surface area (Å²) in [5.74, 6) is 2.41. The van der Waals surface area contributed by atoms with Crippen molar-refractivity contribution in [3.8, 4) is 17.2 Å². The van der Waals surface area contributed by atoms with E-state index in [9.17, 15) is 5.11 Å². The summed E-state index contributed by atoms with van der Waals surface area (Å²) >= 11 is 6.20. The number of ether oxygens (including phenoxy) is 3. The highest BCUT2D eigenvalue weighted by Crippen LogP contribution is 2.33. The highest BCUT2D eigenvalue weighted by atomic mass is 35.5. The number of piperazine rings is 1. The van der Waals surface area contributed by atoms with Crippen LogP contribution in [0.2, 0.25) is 5.02 Å². The van der Waals surface area contributed by atoms with Gasteiger partial charge < -0.3 is 19.3 Å². The smallest absolute Gasteiger partial charge is 0.231 e. The number of nitrogens with zero attached hydrogens (tertiary/aromatic N) is 2. The molecule has 7 heteroatoms. The maximum Gasteiger partial charge on any atom is 0.231 e. The molecule has 0 spiro atoms. The van der Waals surface area contributed by atoms with Crippen LogP contribution in [0.5, 0.6) is 17.2 Å². The Labute approximate surface area is 182 Å². The second kappa shape index (κ2) is 9.43. The van der Waals surface area contributed by atoms with Crippen molar-refractivity contribution < 1.29 is 19.3 Å². The van der Waals surface area contributed by atoms with Gasteiger partial charge >= 0.3 is 0 Å². The van der Waals surface area contributed by atoms with Crippen LogP contribution in [0, 0.1) is 13.8 Å². The first-order valence-corrected chi connectivity index (χ1v) is 10.8. The van der Waals surface area contributed by atoms with Crippen LogP contribution in [-0.4, -0.2) is 67.1 Å². The predicted molar refractivity (Wildman–Crippen MR) is 117 cm³/mol. The number of aliphatic hydroxyl groups is 1. The number of halogens is 1. The summed E-state index contributed by atoms with van der Waals surface area (Å²) in [6.07, 6.45) is -0.526. The average molecular weight is 433 g/mol. The van der Waals surface area contributed by atoms with Crippen LogP contribution in [0.25, 0.3) is 0 Å². The Morgan fingerprint density at radius 2 is 1.67 bits per heavy atom. The molecule has 30 heavy (non-hydrogen) atoms. The molecule has 0 aromatic heterocycles. The Hall–Kier alpha value is -1.99. The number of aryl methyl sites for hydroxylation is 2. The Balaban J connectivity index is 1.20. The van der Waals surface area contributed by atoms with E-state index >= 15 is 0 Å².